The van der Waals surface area contributed by atoms with Crippen molar-refractivity contribution in [2.45, 2.75) is 13.0 Å². The highest BCUT2D eigenvalue weighted by atomic mass is 19.1. The van der Waals surface area contributed by atoms with E-state index in [-0.39, 0.29) is 11.9 Å². The largest absolute Gasteiger partial charge is 0.453 e. The fraction of sp³-hybridized carbons (Fsp3) is 0.211. The maximum atomic E-state index is 13.1. The van der Waals surface area contributed by atoms with Gasteiger partial charge in [0.15, 0.2) is 0 Å². The monoisotopic (exact) mass is 326 g/mol. The summed E-state index contributed by atoms with van der Waals surface area (Å²) in [6, 6.07) is 13.6. The van der Waals surface area contributed by atoms with Gasteiger partial charge >= 0.3 is 6.09 Å². The molecule has 0 saturated heterocycles. The number of halogens is 1. The van der Waals surface area contributed by atoms with Gasteiger partial charge in [-0.15, -0.1) is 6.42 Å². The Bertz CT molecular complexity index is 738. The van der Waals surface area contributed by atoms with Crippen molar-refractivity contribution < 1.29 is 13.9 Å². The van der Waals surface area contributed by atoms with Gasteiger partial charge in [-0.3, -0.25) is 5.32 Å². The van der Waals surface area contributed by atoms with Crippen LogP contribution in [-0.4, -0.2) is 19.7 Å². The molecule has 2 rings (SSSR count). The maximum Gasteiger partial charge on any atom is 0.411 e. The van der Waals surface area contributed by atoms with Crippen LogP contribution >= 0.6 is 0 Å². The van der Waals surface area contributed by atoms with Gasteiger partial charge in [-0.2, -0.15) is 0 Å². The van der Waals surface area contributed by atoms with Crippen LogP contribution in [0.15, 0.2) is 48.5 Å². The summed E-state index contributed by atoms with van der Waals surface area (Å²) < 4.78 is 17.7. The first-order chi connectivity index (χ1) is 11.5. The normalized spacial score (nSPS) is 11.2. The van der Waals surface area contributed by atoms with E-state index in [0.717, 1.165) is 11.3 Å². The molecule has 0 heterocycles. The second kappa shape index (κ2) is 8.02. The fourth-order valence-corrected chi connectivity index (χ4v) is 2.40. The van der Waals surface area contributed by atoms with Crippen LogP contribution in [0.2, 0.25) is 0 Å². The van der Waals surface area contributed by atoms with Crippen LogP contribution < -0.4 is 10.2 Å². The Kier molecular flexibility index (Phi) is 5.80. The third-order valence-corrected chi connectivity index (χ3v) is 3.69. The van der Waals surface area contributed by atoms with Crippen LogP contribution in [0.5, 0.6) is 0 Å². The molecule has 1 unspecified atom stereocenters. The first-order valence-corrected chi connectivity index (χ1v) is 7.45. The Morgan fingerprint density at radius 3 is 2.67 bits per heavy atom. The lowest BCUT2D eigenvalue weighted by atomic mass is 10.1. The highest BCUT2D eigenvalue weighted by molar-refractivity contribution is 5.85. The van der Waals surface area contributed by atoms with Gasteiger partial charge < -0.3 is 9.64 Å². The summed E-state index contributed by atoms with van der Waals surface area (Å²) in [7, 11) is 1.31. The molecular formula is C19H19FN2O2. The molecule has 2 aromatic rings. The predicted molar refractivity (Wildman–Crippen MR) is 93.5 cm³/mol. The quantitative estimate of drug-likeness (QED) is 0.837. The molecule has 0 aliphatic rings. The highest BCUT2D eigenvalue weighted by Gasteiger charge is 2.16. The van der Waals surface area contributed by atoms with E-state index in [1.54, 1.807) is 18.2 Å². The SMILES string of the molecule is C#CCN(c1cccc(NC(=O)OC)c1)C(C)c1ccc(F)cc1. The van der Waals surface area contributed by atoms with Crippen molar-refractivity contribution in [2.24, 2.45) is 0 Å². The number of nitrogens with zero attached hydrogens (tertiary/aromatic N) is 1. The zero-order valence-corrected chi connectivity index (χ0v) is 13.6. The Balaban J connectivity index is 2.29. The molecule has 0 fully saturated rings. The number of nitrogens with one attached hydrogen (secondary N) is 1. The highest BCUT2D eigenvalue weighted by Crippen LogP contribution is 2.28. The number of hydrogen-bond acceptors (Lipinski definition) is 3. The van der Waals surface area contributed by atoms with E-state index >= 15 is 0 Å². The van der Waals surface area contributed by atoms with Gasteiger partial charge in [-0.05, 0) is 42.8 Å². The minimum Gasteiger partial charge on any atom is -0.453 e. The zero-order valence-electron chi connectivity index (χ0n) is 13.6. The molecule has 0 saturated carbocycles. The number of benzene rings is 2. The summed E-state index contributed by atoms with van der Waals surface area (Å²) in [4.78, 5) is 13.4. The van der Waals surface area contributed by atoms with Gasteiger partial charge in [0.1, 0.15) is 5.82 Å². The van der Waals surface area contributed by atoms with E-state index < -0.39 is 6.09 Å². The number of amides is 1. The van der Waals surface area contributed by atoms with Crippen molar-refractivity contribution in [3.63, 3.8) is 0 Å². The number of methoxy groups -OCH3 is 1. The van der Waals surface area contributed by atoms with Gasteiger partial charge in [0.25, 0.3) is 0 Å². The van der Waals surface area contributed by atoms with E-state index in [9.17, 15) is 9.18 Å². The molecule has 0 radical (unpaired) electrons. The van der Waals surface area contributed by atoms with Crippen molar-refractivity contribution in [3.05, 3.63) is 59.9 Å². The Hall–Kier alpha value is -3.00. The van der Waals surface area contributed by atoms with Gasteiger partial charge in [0.05, 0.1) is 19.7 Å². The summed E-state index contributed by atoms with van der Waals surface area (Å²) in [5.41, 5.74) is 2.39. The molecule has 0 spiro atoms. The molecule has 5 heteroatoms. The van der Waals surface area contributed by atoms with Gasteiger partial charge in [-0.25, -0.2) is 9.18 Å². The van der Waals surface area contributed by atoms with Crippen molar-refractivity contribution in [2.75, 3.05) is 23.9 Å². The fourth-order valence-electron chi connectivity index (χ4n) is 2.40. The lowest BCUT2D eigenvalue weighted by molar-refractivity contribution is 0.187. The predicted octanol–water partition coefficient (Wildman–Crippen LogP) is 4.20. The lowest BCUT2D eigenvalue weighted by Crippen LogP contribution is -2.27. The number of carbonyl (C=O) groups is 1. The van der Waals surface area contributed by atoms with Gasteiger partial charge in [0.2, 0.25) is 0 Å². The summed E-state index contributed by atoms with van der Waals surface area (Å²) in [5.74, 6) is 2.36. The van der Waals surface area contributed by atoms with Crippen molar-refractivity contribution in [3.8, 4) is 12.3 Å². The Labute approximate surface area is 141 Å². The second-order valence-electron chi connectivity index (χ2n) is 5.23. The molecular weight excluding hydrogens is 307 g/mol. The van der Waals surface area contributed by atoms with Crippen LogP contribution in [0.3, 0.4) is 0 Å². The van der Waals surface area contributed by atoms with Crippen molar-refractivity contribution in [1.82, 2.24) is 0 Å². The third kappa shape index (κ3) is 4.26. The molecule has 1 N–H and O–H groups in total. The molecule has 4 nitrogen and oxygen atoms in total. The first kappa shape index (κ1) is 17.4. The van der Waals surface area contributed by atoms with Crippen LogP contribution in [0.4, 0.5) is 20.6 Å². The molecule has 1 atom stereocenters. The first-order valence-electron chi connectivity index (χ1n) is 7.45. The molecule has 2 aromatic carbocycles. The topological polar surface area (TPSA) is 41.6 Å². The summed E-state index contributed by atoms with van der Waals surface area (Å²) in [5, 5.41) is 2.63. The maximum absolute atomic E-state index is 13.1. The van der Waals surface area contributed by atoms with E-state index in [1.165, 1.54) is 19.2 Å². The van der Waals surface area contributed by atoms with Crippen LogP contribution in [-0.2, 0) is 4.74 Å². The average molecular weight is 326 g/mol. The van der Waals surface area contributed by atoms with Crippen molar-refractivity contribution in [1.29, 1.82) is 0 Å². The number of carbonyl (C=O) groups excluding carboxylic acids is 1. The molecule has 124 valence electrons. The van der Waals surface area contributed by atoms with Crippen molar-refractivity contribution >= 4 is 17.5 Å². The van der Waals surface area contributed by atoms with Crippen LogP contribution in [0, 0.1) is 18.2 Å². The van der Waals surface area contributed by atoms with E-state index in [0.29, 0.717) is 12.2 Å². The Morgan fingerprint density at radius 2 is 2.04 bits per heavy atom. The van der Waals surface area contributed by atoms with E-state index in [1.807, 2.05) is 30.0 Å². The number of hydrogen-bond donors (Lipinski definition) is 1. The summed E-state index contributed by atoms with van der Waals surface area (Å²) in [6.45, 7) is 2.37. The van der Waals surface area contributed by atoms with Crippen LogP contribution in [0.25, 0.3) is 0 Å². The zero-order chi connectivity index (χ0) is 17.5. The average Bonchev–Trinajstić information content (AvgIpc) is 2.60. The smallest absolute Gasteiger partial charge is 0.411 e. The Morgan fingerprint density at radius 1 is 1.33 bits per heavy atom. The van der Waals surface area contributed by atoms with E-state index in [4.69, 9.17) is 6.42 Å². The molecule has 0 aliphatic heterocycles. The van der Waals surface area contributed by atoms with Crippen LogP contribution in [0.1, 0.15) is 18.5 Å². The molecule has 0 bridgehead atoms. The molecule has 0 aliphatic carbocycles. The third-order valence-electron chi connectivity index (χ3n) is 3.69. The molecule has 0 aromatic heterocycles. The summed E-state index contributed by atoms with van der Waals surface area (Å²) in [6.07, 6.45) is 4.97. The number of anilines is 2. The van der Waals surface area contributed by atoms with Gasteiger partial charge in [-0.1, -0.05) is 24.1 Å². The van der Waals surface area contributed by atoms with E-state index in [2.05, 4.69) is 16.0 Å². The second-order valence-corrected chi connectivity index (χ2v) is 5.23. The number of ether oxygens (including phenoxy) is 1. The molecule has 24 heavy (non-hydrogen) atoms. The minimum absolute atomic E-state index is 0.0602. The lowest BCUT2D eigenvalue weighted by Gasteiger charge is -2.30. The van der Waals surface area contributed by atoms with Gasteiger partial charge in [0, 0.05) is 11.4 Å². The molecule has 1 amide bonds. The summed E-state index contributed by atoms with van der Waals surface area (Å²) >= 11 is 0. The number of terminal acetylenes is 1. The minimum atomic E-state index is -0.540. The standard InChI is InChI=1S/C19H19FN2O2/c1-4-12-22(14(2)15-8-10-16(20)11-9-15)18-7-5-6-17(13-18)21-19(23)24-3/h1,5-11,13-14H,12H2,2-3H3,(H,21,23). The number of rotatable bonds is 5.